The molecule has 7 heteroatoms. The number of rotatable bonds is 5. The summed E-state index contributed by atoms with van der Waals surface area (Å²) in [7, 11) is 0. The molecule has 1 aromatic heterocycles. The molecule has 0 aromatic carbocycles. The summed E-state index contributed by atoms with van der Waals surface area (Å²) >= 11 is 1.54. The fourth-order valence-corrected chi connectivity index (χ4v) is 3.57. The maximum atomic E-state index is 11.5. The highest BCUT2D eigenvalue weighted by Crippen LogP contribution is 2.24. The first-order valence-corrected chi connectivity index (χ1v) is 8.09. The van der Waals surface area contributed by atoms with Gasteiger partial charge in [0, 0.05) is 38.0 Å². The molecule has 120 valence electrons. The number of likely N-dealkylation sites (tertiary alicyclic amines) is 1. The van der Waals surface area contributed by atoms with E-state index in [2.05, 4.69) is 22.2 Å². The van der Waals surface area contributed by atoms with Crippen molar-refractivity contribution in [2.45, 2.75) is 39.8 Å². The van der Waals surface area contributed by atoms with Gasteiger partial charge in [-0.15, -0.1) is 23.7 Å². The van der Waals surface area contributed by atoms with Crippen molar-refractivity contribution < 1.29 is 4.79 Å². The van der Waals surface area contributed by atoms with Crippen LogP contribution in [0.1, 0.15) is 32.9 Å². The van der Waals surface area contributed by atoms with Crippen molar-refractivity contribution in [2.24, 2.45) is 11.7 Å². The lowest BCUT2D eigenvalue weighted by molar-refractivity contribution is -0.116. The van der Waals surface area contributed by atoms with Crippen molar-refractivity contribution in [1.82, 2.24) is 9.88 Å². The van der Waals surface area contributed by atoms with Crippen LogP contribution in [0.15, 0.2) is 5.38 Å². The molecular weight excluding hydrogens is 308 g/mol. The second-order valence-electron chi connectivity index (χ2n) is 5.53. The third-order valence-corrected chi connectivity index (χ3v) is 4.82. The van der Waals surface area contributed by atoms with E-state index in [4.69, 9.17) is 5.73 Å². The minimum atomic E-state index is 0. The normalized spacial score (nSPS) is 20.1. The summed E-state index contributed by atoms with van der Waals surface area (Å²) < 4.78 is 0. The standard InChI is InChI=1S/C14H24N4OS.ClH/c1-4-18(11(3)19)14-16-13(9-20-14)8-17-6-5-12(7-17)10(2)15;/h9-10,12H,4-8,15H2,1-3H3;1H. The zero-order chi connectivity index (χ0) is 14.7. The van der Waals surface area contributed by atoms with Gasteiger partial charge in [-0.05, 0) is 32.7 Å². The summed E-state index contributed by atoms with van der Waals surface area (Å²) in [5.41, 5.74) is 7.02. The van der Waals surface area contributed by atoms with E-state index in [1.807, 2.05) is 6.92 Å². The lowest BCUT2D eigenvalue weighted by atomic mass is 10.0. The molecule has 0 spiro atoms. The van der Waals surface area contributed by atoms with Crippen LogP contribution in [0.3, 0.4) is 0 Å². The fourth-order valence-electron chi connectivity index (χ4n) is 2.65. The summed E-state index contributed by atoms with van der Waals surface area (Å²) in [6, 6.07) is 0.263. The molecule has 1 saturated heterocycles. The van der Waals surface area contributed by atoms with Gasteiger partial charge in [0.1, 0.15) is 0 Å². The van der Waals surface area contributed by atoms with Crippen LogP contribution in [-0.4, -0.2) is 41.5 Å². The van der Waals surface area contributed by atoms with E-state index in [0.717, 1.165) is 30.5 Å². The third-order valence-electron chi connectivity index (χ3n) is 3.90. The number of nitrogens with zero attached hydrogens (tertiary/aromatic N) is 3. The molecule has 2 atom stereocenters. The molecule has 2 rings (SSSR count). The van der Waals surface area contributed by atoms with Gasteiger partial charge >= 0.3 is 0 Å². The molecule has 0 bridgehead atoms. The number of hydrogen-bond donors (Lipinski definition) is 1. The minimum absolute atomic E-state index is 0. The van der Waals surface area contributed by atoms with E-state index in [9.17, 15) is 4.79 Å². The van der Waals surface area contributed by atoms with Crippen LogP contribution in [0.2, 0.25) is 0 Å². The summed E-state index contributed by atoms with van der Waals surface area (Å²) in [5, 5.41) is 2.86. The topological polar surface area (TPSA) is 62.5 Å². The predicted molar refractivity (Wildman–Crippen MR) is 90.1 cm³/mol. The van der Waals surface area contributed by atoms with Gasteiger partial charge in [0.25, 0.3) is 0 Å². The lowest BCUT2D eigenvalue weighted by Crippen LogP contribution is -2.29. The number of anilines is 1. The van der Waals surface area contributed by atoms with Crippen LogP contribution in [-0.2, 0) is 11.3 Å². The number of carbonyl (C=O) groups excluding carboxylic acids is 1. The van der Waals surface area contributed by atoms with Crippen LogP contribution in [0.25, 0.3) is 0 Å². The Morgan fingerprint density at radius 3 is 2.90 bits per heavy atom. The molecule has 2 N–H and O–H groups in total. The highest BCUT2D eigenvalue weighted by molar-refractivity contribution is 7.14. The fraction of sp³-hybridized carbons (Fsp3) is 0.714. The van der Waals surface area contributed by atoms with Crippen molar-refractivity contribution >= 4 is 34.8 Å². The molecule has 1 aliphatic heterocycles. The number of carbonyl (C=O) groups is 1. The second kappa shape index (κ2) is 8.08. The van der Waals surface area contributed by atoms with E-state index in [1.54, 1.807) is 23.2 Å². The van der Waals surface area contributed by atoms with Gasteiger partial charge in [-0.3, -0.25) is 14.6 Å². The lowest BCUT2D eigenvalue weighted by Gasteiger charge is -2.17. The zero-order valence-corrected chi connectivity index (χ0v) is 14.5. The maximum Gasteiger partial charge on any atom is 0.225 e. The number of amides is 1. The molecule has 5 nitrogen and oxygen atoms in total. The van der Waals surface area contributed by atoms with Crippen molar-refractivity contribution in [3.63, 3.8) is 0 Å². The van der Waals surface area contributed by atoms with Gasteiger partial charge in [0.15, 0.2) is 5.13 Å². The summed E-state index contributed by atoms with van der Waals surface area (Å²) in [6.45, 7) is 9.29. The summed E-state index contributed by atoms with van der Waals surface area (Å²) in [5.74, 6) is 0.643. The molecule has 1 aliphatic rings. The van der Waals surface area contributed by atoms with Gasteiger partial charge in [-0.25, -0.2) is 4.98 Å². The third kappa shape index (κ3) is 4.64. The first kappa shape index (κ1) is 18.4. The van der Waals surface area contributed by atoms with Gasteiger partial charge in [0.05, 0.1) is 5.69 Å². The maximum absolute atomic E-state index is 11.5. The Hall–Kier alpha value is -0.690. The highest BCUT2D eigenvalue weighted by atomic mass is 35.5. The van der Waals surface area contributed by atoms with Gasteiger partial charge in [-0.2, -0.15) is 0 Å². The molecule has 1 fully saturated rings. The average molecular weight is 333 g/mol. The second-order valence-corrected chi connectivity index (χ2v) is 6.36. The molecule has 1 amide bonds. The van der Waals surface area contributed by atoms with Crippen LogP contribution in [0.4, 0.5) is 5.13 Å². The molecule has 0 aliphatic carbocycles. The quantitative estimate of drug-likeness (QED) is 0.897. The minimum Gasteiger partial charge on any atom is -0.328 e. The van der Waals surface area contributed by atoms with Gasteiger partial charge in [-0.1, -0.05) is 0 Å². The molecule has 0 saturated carbocycles. The molecule has 1 aromatic rings. The van der Waals surface area contributed by atoms with E-state index in [-0.39, 0.29) is 24.4 Å². The zero-order valence-electron chi connectivity index (χ0n) is 12.9. The Labute approximate surface area is 136 Å². The Morgan fingerprint density at radius 1 is 1.67 bits per heavy atom. The van der Waals surface area contributed by atoms with Crippen molar-refractivity contribution in [3.05, 3.63) is 11.1 Å². The number of thiazole rings is 1. The number of nitrogens with two attached hydrogens (primary N) is 1. The Kier molecular flexibility index (Phi) is 7.06. The average Bonchev–Trinajstić information content (AvgIpc) is 3.00. The highest BCUT2D eigenvalue weighted by Gasteiger charge is 2.25. The predicted octanol–water partition coefficient (Wildman–Crippen LogP) is 2.11. The van der Waals surface area contributed by atoms with E-state index in [0.29, 0.717) is 12.5 Å². The smallest absolute Gasteiger partial charge is 0.225 e. The van der Waals surface area contributed by atoms with Crippen molar-refractivity contribution in [3.8, 4) is 0 Å². The van der Waals surface area contributed by atoms with Crippen LogP contribution in [0, 0.1) is 5.92 Å². The number of hydrogen-bond acceptors (Lipinski definition) is 5. The Bertz CT molecular complexity index is 466. The Morgan fingerprint density at radius 2 is 2.38 bits per heavy atom. The van der Waals surface area contributed by atoms with Crippen molar-refractivity contribution in [1.29, 1.82) is 0 Å². The van der Waals surface area contributed by atoms with E-state index >= 15 is 0 Å². The summed E-state index contributed by atoms with van der Waals surface area (Å²) in [4.78, 5) is 20.2. The van der Waals surface area contributed by atoms with E-state index in [1.165, 1.54) is 6.42 Å². The molecular formula is C14H25ClN4OS. The monoisotopic (exact) mass is 332 g/mol. The van der Waals surface area contributed by atoms with E-state index < -0.39 is 0 Å². The van der Waals surface area contributed by atoms with Crippen LogP contribution < -0.4 is 10.6 Å². The first-order valence-electron chi connectivity index (χ1n) is 7.21. The molecule has 0 radical (unpaired) electrons. The summed E-state index contributed by atoms with van der Waals surface area (Å²) in [6.07, 6.45) is 1.17. The largest absolute Gasteiger partial charge is 0.328 e. The van der Waals surface area contributed by atoms with Crippen LogP contribution in [0.5, 0.6) is 0 Å². The molecule has 2 heterocycles. The van der Waals surface area contributed by atoms with Crippen LogP contribution >= 0.6 is 23.7 Å². The Balaban J connectivity index is 0.00000220. The SMILES string of the molecule is CCN(C(C)=O)c1nc(CN2CCC(C(C)N)C2)cs1.Cl. The van der Waals surface area contributed by atoms with Gasteiger partial charge < -0.3 is 5.73 Å². The first-order chi connectivity index (χ1) is 9.51. The number of halogens is 1. The number of aromatic nitrogens is 1. The molecule has 21 heavy (non-hydrogen) atoms. The van der Waals surface area contributed by atoms with Gasteiger partial charge in [0.2, 0.25) is 5.91 Å². The molecule has 2 unspecified atom stereocenters. The van der Waals surface area contributed by atoms with Crippen molar-refractivity contribution in [2.75, 3.05) is 24.5 Å².